The quantitative estimate of drug-likeness (QED) is 0.674. The molecule has 1 atom stereocenters. The van der Waals surface area contributed by atoms with Crippen molar-refractivity contribution in [1.82, 2.24) is 15.5 Å². The monoisotopic (exact) mass is 385 g/mol. The number of rotatable bonds is 8. The summed E-state index contributed by atoms with van der Waals surface area (Å²) in [5.74, 6) is 0.988. The number of aromatic nitrogens is 2. The average molecular weight is 386 g/mol. The van der Waals surface area contributed by atoms with Crippen LogP contribution in [0.5, 0.6) is 0 Å². The van der Waals surface area contributed by atoms with E-state index in [2.05, 4.69) is 50.1 Å². The van der Waals surface area contributed by atoms with Gasteiger partial charge < -0.3 is 9.73 Å². The Bertz CT molecular complexity index is 801. The predicted octanol–water partition coefficient (Wildman–Crippen LogP) is 4.54. The lowest BCUT2D eigenvalue weighted by molar-refractivity contribution is -0.122. The maximum atomic E-state index is 12.4. The molecule has 6 nitrogen and oxygen atoms in total. The topological polar surface area (TPSA) is 85.1 Å². The van der Waals surface area contributed by atoms with Crippen molar-refractivity contribution in [2.45, 2.75) is 72.3 Å². The maximum Gasteiger partial charge on any atom is 0.238 e. The molecule has 0 bridgehead atoms. The van der Waals surface area contributed by atoms with E-state index in [0.717, 1.165) is 0 Å². The predicted molar refractivity (Wildman–Crippen MR) is 108 cm³/mol. The SMILES string of the molecule is Cc1nnc(C(CC(C)C)NC(=O)CCC(=O)c2ccc(C(C)(C)C)cc2)o1. The van der Waals surface area contributed by atoms with Crippen LogP contribution in [-0.4, -0.2) is 21.9 Å². The molecular formula is C22H31N3O3. The first-order valence-corrected chi connectivity index (χ1v) is 9.79. The van der Waals surface area contributed by atoms with Crippen LogP contribution in [0, 0.1) is 12.8 Å². The van der Waals surface area contributed by atoms with Crippen molar-refractivity contribution in [1.29, 1.82) is 0 Å². The molecule has 152 valence electrons. The van der Waals surface area contributed by atoms with Crippen molar-refractivity contribution < 1.29 is 14.0 Å². The summed E-state index contributed by atoms with van der Waals surface area (Å²) in [6, 6.07) is 7.29. The summed E-state index contributed by atoms with van der Waals surface area (Å²) in [7, 11) is 0. The summed E-state index contributed by atoms with van der Waals surface area (Å²) in [4.78, 5) is 24.8. The number of amides is 1. The fourth-order valence-electron chi connectivity index (χ4n) is 2.94. The zero-order valence-corrected chi connectivity index (χ0v) is 17.7. The zero-order valence-electron chi connectivity index (χ0n) is 17.7. The van der Waals surface area contributed by atoms with Crippen molar-refractivity contribution in [2.75, 3.05) is 0 Å². The summed E-state index contributed by atoms with van der Waals surface area (Å²) in [5, 5.41) is 10.8. The van der Waals surface area contributed by atoms with Crippen LogP contribution in [0.1, 0.15) is 87.6 Å². The second-order valence-electron chi connectivity index (χ2n) is 8.66. The first kappa shape index (κ1) is 21.8. The lowest BCUT2D eigenvalue weighted by Gasteiger charge is -2.19. The number of nitrogens with zero attached hydrogens (tertiary/aromatic N) is 2. The standard InChI is InChI=1S/C22H31N3O3/c1-14(2)13-18(21-25-24-15(3)28-21)23-20(27)12-11-19(26)16-7-9-17(10-8-16)22(4,5)6/h7-10,14,18H,11-13H2,1-6H3,(H,23,27). The summed E-state index contributed by atoms with van der Waals surface area (Å²) in [5.41, 5.74) is 1.85. The second kappa shape index (κ2) is 9.13. The van der Waals surface area contributed by atoms with Gasteiger partial charge in [-0.05, 0) is 23.3 Å². The molecule has 6 heteroatoms. The van der Waals surface area contributed by atoms with E-state index in [1.807, 2.05) is 24.3 Å². The number of nitrogens with one attached hydrogen (secondary N) is 1. The molecule has 1 unspecified atom stereocenters. The Morgan fingerprint density at radius 3 is 2.21 bits per heavy atom. The van der Waals surface area contributed by atoms with Gasteiger partial charge >= 0.3 is 0 Å². The van der Waals surface area contributed by atoms with E-state index in [-0.39, 0.29) is 36.0 Å². The Morgan fingerprint density at radius 1 is 1.07 bits per heavy atom. The van der Waals surface area contributed by atoms with E-state index in [1.54, 1.807) is 6.92 Å². The van der Waals surface area contributed by atoms with Crippen LogP contribution >= 0.6 is 0 Å². The van der Waals surface area contributed by atoms with Crippen LogP contribution in [0.2, 0.25) is 0 Å². The Hall–Kier alpha value is -2.50. The van der Waals surface area contributed by atoms with Crippen molar-refractivity contribution in [3.8, 4) is 0 Å². The molecule has 28 heavy (non-hydrogen) atoms. The lowest BCUT2D eigenvalue weighted by atomic mass is 9.86. The van der Waals surface area contributed by atoms with Crippen molar-refractivity contribution >= 4 is 11.7 Å². The van der Waals surface area contributed by atoms with Crippen LogP contribution < -0.4 is 5.32 Å². The number of carbonyl (C=O) groups excluding carboxylic acids is 2. The van der Waals surface area contributed by atoms with Gasteiger partial charge in [0.05, 0.1) is 0 Å². The van der Waals surface area contributed by atoms with E-state index in [4.69, 9.17) is 4.42 Å². The normalized spacial score (nSPS) is 12.8. The molecule has 0 aliphatic heterocycles. The molecule has 0 aliphatic rings. The molecule has 1 heterocycles. The summed E-state index contributed by atoms with van der Waals surface area (Å²) in [6.45, 7) is 12.2. The molecule has 1 amide bonds. The molecule has 0 saturated heterocycles. The number of aryl methyl sites for hydroxylation is 1. The van der Waals surface area contributed by atoms with E-state index >= 15 is 0 Å². The zero-order chi connectivity index (χ0) is 20.9. The van der Waals surface area contributed by atoms with Gasteiger partial charge in [0.1, 0.15) is 6.04 Å². The highest BCUT2D eigenvalue weighted by Gasteiger charge is 2.22. The highest BCUT2D eigenvalue weighted by atomic mass is 16.4. The maximum absolute atomic E-state index is 12.4. The number of Topliss-reactive ketones (excluding diaryl/α,β-unsaturated/α-hetero) is 1. The van der Waals surface area contributed by atoms with Crippen LogP contribution in [0.4, 0.5) is 0 Å². The van der Waals surface area contributed by atoms with Gasteiger partial charge in [-0.15, -0.1) is 10.2 Å². The first-order chi connectivity index (χ1) is 13.1. The van der Waals surface area contributed by atoms with Gasteiger partial charge in [-0.2, -0.15) is 0 Å². The Morgan fingerprint density at radius 2 is 1.71 bits per heavy atom. The van der Waals surface area contributed by atoms with Crippen molar-refractivity contribution in [3.05, 3.63) is 47.2 Å². The van der Waals surface area contributed by atoms with Gasteiger partial charge in [-0.3, -0.25) is 9.59 Å². The highest BCUT2D eigenvalue weighted by molar-refractivity contribution is 5.98. The van der Waals surface area contributed by atoms with Crippen LogP contribution in [0.15, 0.2) is 28.7 Å². The van der Waals surface area contributed by atoms with Crippen molar-refractivity contribution in [3.63, 3.8) is 0 Å². The molecule has 0 spiro atoms. The molecule has 0 saturated carbocycles. The number of benzene rings is 1. The fourth-order valence-corrected chi connectivity index (χ4v) is 2.94. The molecular weight excluding hydrogens is 354 g/mol. The van der Waals surface area contributed by atoms with Gasteiger partial charge in [0, 0.05) is 25.3 Å². The molecule has 2 rings (SSSR count). The van der Waals surface area contributed by atoms with Gasteiger partial charge in [-0.25, -0.2) is 0 Å². The fraction of sp³-hybridized carbons (Fsp3) is 0.545. The molecule has 1 aromatic carbocycles. The van der Waals surface area contributed by atoms with E-state index in [0.29, 0.717) is 29.7 Å². The van der Waals surface area contributed by atoms with Gasteiger partial charge in [-0.1, -0.05) is 58.9 Å². The minimum absolute atomic E-state index is 0.0374. The highest BCUT2D eigenvalue weighted by Crippen LogP contribution is 2.23. The van der Waals surface area contributed by atoms with Crippen LogP contribution in [0.3, 0.4) is 0 Å². The third kappa shape index (κ3) is 6.29. The third-order valence-corrected chi connectivity index (χ3v) is 4.53. The Balaban J connectivity index is 1.93. The van der Waals surface area contributed by atoms with E-state index < -0.39 is 0 Å². The average Bonchev–Trinajstić information content (AvgIpc) is 3.04. The lowest BCUT2D eigenvalue weighted by Crippen LogP contribution is -2.30. The van der Waals surface area contributed by atoms with Gasteiger partial charge in [0.15, 0.2) is 5.78 Å². The number of ketones is 1. The minimum Gasteiger partial charge on any atom is -0.423 e. The molecule has 1 aromatic heterocycles. The number of hydrogen-bond acceptors (Lipinski definition) is 5. The Labute approximate surface area is 167 Å². The van der Waals surface area contributed by atoms with Gasteiger partial charge in [0.2, 0.25) is 17.7 Å². The van der Waals surface area contributed by atoms with Crippen LogP contribution in [0.25, 0.3) is 0 Å². The molecule has 0 radical (unpaired) electrons. The molecule has 2 aromatic rings. The van der Waals surface area contributed by atoms with Gasteiger partial charge in [0.25, 0.3) is 0 Å². The summed E-state index contributed by atoms with van der Waals surface area (Å²) < 4.78 is 5.48. The minimum atomic E-state index is -0.338. The van der Waals surface area contributed by atoms with Crippen molar-refractivity contribution in [2.24, 2.45) is 5.92 Å². The molecule has 0 fully saturated rings. The largest absolute Gasteiger partial charge is 0.423 e. The summed E-state index contributed by atoms with van der Waals surface area (Å²) >= 11 is 0. The number of carbonyl (C=O) groups is 2. The Kier molecular flexibility index (Phi) is 7.11. The molecule has 0 aliphatic carbocycles. The summed E-state index contributed by atoms with van der Waals surface area (Å²) in [6.07, 6.45) is 0.981. The smallest absolute Gasteiger partial charge is 0.238 e. The van der Waals surface area contributed by atoms with E-state index in [9.17, 15) is 9.59 Å². The molecule has 1 N–H and O–H groups in total. The third-order valence-electron chi connectivity index (χ3n) is 4.53. The van der Waals surface area contributed by atoms with E-state index in [1.165, 1.54) is 5.56 Å². The van der Waals surface area contributed by atoms with Crippen LogP contribution in [-0.2, 0) is 10.2 Å². The second-order valence-corrected chi connectivity index (χ2v) is 8.66. The first-order valence-electron chi connectivity index (χ1n) is 9.79. The number of hydrogen-bond donors (Lipinski definition) is 1.